The van der Waals surface area contributed by atoms with Crippen molar-refractivity contribution in [1.29, 1.82) is 0 Å². The number of carbonyl (C=O) groups excluding carboxylic acids is 3. The number of nitrogens with one attached hydrogen (secondary N) is 2. The minimum Gasteiger partial charge on any atom is -0.496 e. The van der Waals surface area contributed by atoms with Gasteiger partial charge in [-0.3, -0.25) is 19.7 Å². The summed E-state index contributed by atoms with van der Waals surface area (Å²) in [4.78, 5) is 50.4. The molecule has 3 aliphatic heterocycles. The first-order valence-corrected chi connectivity index (χ1v) is 22.1. The SMILES string of the molecule is COc1cc(N2CCC(NCCCOc3cccc4c3CN(C3CCC(=O)NC3=O)C4=O)CC2)ccc1Cc1ncc(Cl)c(Cc2ccccc2P(C)(C)=O)n1. The van der Waals surface area contributed by atoms with Crippen molar-refractivity contribution < 1.29 is 28.4 Å². The second-order valence-corrected chi connectivity index (χ2v) is 18.6. The highest BCUT2D eigenvalue weighted by Gasteiger charge is 2.40. The van der Waals surface area contributed by atoms with Gasteiger partial charge in [-0.1, -0.05) is 48.0 Å². The molecule has 7 rings (SSSR count). The molecule has 3 aromatic carbocycles. The molecule has 12 nitrogen and oxygen atoms in total. The Morgan fingerprint density at radius 2 is 1.77 bits per heavy atom. The topological polar surface area (TPSA) is 143 Å². The molecule has 3 amide bonds. The van der Waals surface area contributed by atoms with Gasteiger partial charge in [0.25, 0.3) is 5.91 Å². The van der Waals surface area contributed by atoms with Gasteiger partial charge in [-0.15, -0.1) is 0 Å². The lowest BCUT2D eigenvalue weighted by Gasteiger charge is -2.34. The van der Waals surface area contributed by atoms with Crippen LogP contribution in [0.15, 0.2) is 66.9 Å². The number of carbonyl (C=O) groups is 3. The Morgan fingerprint density at radius 1 is 0.964 bits per heavy atom. The summed E-state index contributed by atoms with van der Waals surface area (Å²) in [7, 11) is -0.790. The molecular formula is C42H48ClN6O6P. The van der Waals surface area contributed by atoms with Crippen LogP contribution in [-0.2, 0) is 33.5 Å². The molecule has 0 spiro atoms. The second kappa shape index (κ2) is 17.2. The Kier molecular flexibility index (Phi) is 12.1. The summed E-state index contributed by atoms with van der Waals surface area (Å²) in [6.45, 7) is 6.98. The fourth-order valence-corrected chi connectivity index (χ4v) is 9.31. The number of nitrogens with zero attached hydrogens (tertiary/aromatic N) is 4. The van der Waals surface area contributed by atoms with Gasteiger partial charge < -0.3 is 29.2 Å². The van der Waals surface area contributed by atoms with Crippen molar-refractivity contribution in [2.24, 2.45) is 0 Å². The number of halogens is 1. The maximum absolute atomic E-state index is 13.1. The number of rotatable bonds is 14. The Balaban J connectivity index is 0.878. The van der Waals surface area contributed by atoms with Crippen molar-refractivity contribution in [2.75, 3.05) is 51.6 Å². The molecule has 0 aliphatic carbocycles. The van der Waals surface area contributed by atoms with Crippen LogP contribution in [0.25, 0.3) is 0 Å². The Morgan fingerprint density at radius 3 is 2.54 bits per heavy atom. The van der Waals surface area contributed by atoms with Gasteiger partial charge in [-0.05, 0) is 69.3 Å². The number of amides is 3. The molecule has 0 bridgehead atoms. The predicted octanol–water partition coefficient (Wildman–Crippen LogP) is 5.36. The molecule has 2 fully saturated rings. The number of benzene rings is 3. The van der Waals surface area contributed by atoms with Crippen molar-refractivity contribution >= 4 is 47.5 Å². The van der Waals surface area contributed by atoms with Crippen LogP contribution in [-0.4, -0.2) is 91.4 Å². The molecule has 3 aliphatic rings. The molecule has 56 heavy (non-hydrogen) atoms. The molecule has 0 saturated carbocycles. The van der Waals surface area contributed by atoms with Crippen LogP contribution in [0.3, 0.4) is 0 Å². The number of hydrogen-bond acceptors (Lipinski definition) is 10. The number of methoxy groups -OCH3 is 1. The molecule has 0 radical (unpaired) electrons. The van der Waals surface area contributed by atoms with Crippen molar-refractivity contribution in [2.45, 2.75) is 63.6 Å². The number of anilines is 1. The highest BCUT2D eigenvalue weighted by Crippen LogP contribution is 2.37. The molecule has 294 valence electrons. The van der Waals surface area contributed by atoms with Gasteiger partial charge in [0, 0.05) is 78.3 Å². The average Bonchev–Trinajstić information content (AvgIpc) is 3.52. The quantitative estimate of drug-likeness (QED) is 0.0974. The summed E-state index contributed by atoms with van der Waals surface area (Å²) >= 11 is 6.55. The molecular weight excluding hydrogens is 751 g/mol. The zero-order valence-corrected chi connectivity index (χ0v) is 33.7. The van der Waals surface area contributed by atoms with Crippen LogP contribution in [0.2, 0.25) is 5.02 Å². The first-order chi connectivity index (χ1) is 27.0. The van der Waals surface area contributed by atoms with E-state index in [2.05, 4.69) is 38.7 Å². The third kappa shape index (κ3) is 8.93. The lowest BCUT2D eigenvalue weighted by molar-refractivity contribution is -0.136. The molecule has 1 aromatic heterocycles. The fraction of sp³-hybridized carbons (Fsp3) is 0.405. The van der Waals surface area contributed by atoms with E-state index in [9.17, 15) is 18.9 Å². The zero-order chi connectivity index (χ0) is 39.4. The lowest BCUT2D eigenvalue weighted by Crippen LogP contribution is -2.52. The van der Waals surface area contributed by atoms with Crippen LogP contribution >= 0.6 is 18.7 Å². The number of ether oxygens (including phenoxy) is 2. The van der Waals surface area contributed by atoms with Crippen molar-refractivity contribution in [3.05, 3.63) is 106 Å². The van der Waals surface area contributed by atoms with Gasteiger partial charge in [-0.25, -0.2) is 9.97 Å². The van der Waals surface area contributed by atoms with Crippen LogP contribution in [0.5, 0.6) is 11.5 Å². The van der Waals surface area contributed by atoms with Crippen molar-refractivity contribution in [1.82, 2.24) is 25.5 Å². The Bertz CT molecular complexity index is 2170. The minimum absolute atomic E-state index is 0.203. The number of imide groups is 1. The summed E-state index contributed by atoms with van der Waals surface area (Å²) in [6.07, 6.45) is 5.96. The first-order valence-electron chi connectivity index (χ1n) is 19.2. The molecule has 1 unspecified atom stereocenters. The number of fused-ring (bicyclic) bond motifs is 1. The van der Waals surface area contributed by atoms with Crippen LogP contribution in [0.4, 0.5) is 5.69 Å². The fourth-order valence-electron chi connectivity index (χ4n) is 7.86. The Hall–Kier alpha value is -4.77. The van der Waals surface area contributed by atoms with E-state index in [-0.39, 0.29) is 18.2 Å². The summed E-state index contributed by atoms with van der Waals surface area (Å²) in [5.74, 6) is 1.16. The molecule has 1 atom stereocenters. The lowest BCUT2D eigenvalue weighted by atomic mass is 10.0. The highest BCUT2D eigenvalue weighted by molar-refractivity contribution is 7.70. The van der Waals surface area contributed by atoms with E-state index in [0.29, 0.717) is 66.3 Å². The molecule has 4 heterocycles. The monoisotopic (exact) mass is 798 g/mol. The van der Waals surface area contributed by atoms with Gasteiger partial charge in [0.2, 0.25) is 11.8 Å². The van der Waals surface area contributed by atoms with Crippen LogP contribution in [0, 0.1) is 0 Å². The van der Waals surface area contributed by atoms with E-state index in [4.69, 9.17) is 26.1 Å². The van der Waals surface area contributed by atoms with E-state index < -0.39 is 19.1 Å². The maximum Gasteiger partial charge on any atom is 0.255 e. The summed E-state index contributed by atoms with van der Waals surface area (Å²) < 4.78 is 24.9. The summed E-state index contributed by atoms with van der Waals surface area (Å²) in [5, 5.41) is 7.36. The predicted molar refractivity (Wildman–Crippen MR) is 217 cm³/mol. The summed E-state index contributed by atoms with van der Waals surface area (Å²) in [6, 6.07) is 19.2. The first kappa shape index (κ1) is 39.5. The number of hydrogen-bond donors (Lipinski definition) is 2. The van der Waals surface area contributed by atoms with Gasteiger partial charge in [0.05, 0.1) is 31.0 Å². The molecule has 14 heteroatoms. The summed E-state index contributed by atoms with van der Waals surface area (Å²) in [5.41, 5.74) is 5.09. The molecule has 2 saturated heterocycles. The van der Waals surface area contributed by atoms with Crippen LogP contribution < -0.4 is 30.3 Å². The van der Waals surface area contributed by atoms with Gasteiger partial charge in [0.1, 0.15) is 30.5 Å². The average molecular weight is 799 g/mol. The van der Waals surface area contributed by atoms with Crippen LogP contribution in [0.1, 0.15) is 70.7 Å². The Labute approximate surface area is 332 Å². The van der Waals surface area contributed by atoms with Crippen molar-refractivity contribution in [3.63, 3.8) is 0 Å². The smallest absolute Gasteiger partial charge is 0.255 e. The normalized spacial score (nSPS) is 17.6. The third-order valence-electron chi connectivity index (χ3n) is 10.8. The minimum atomic E-state index is -2.47. The zero-order valence-electron chi connectivity index (χ0n) is 32.1. The van der Waals surface area contributed by atoms with E-state index >= 15 is 0 Å². The van der Waals surface area contributed by atoms with E-state index in [1.54, 1.807) is 43.7 Å². The number of piperidine rings is 2. The van der Waals surface area contributed by atoms with Gasteiger partial charge in [-0.2, -0.15) is 0 Å². The van der Waals surface area contributed by atoms with E-state index in [0.717, 1.165) is 72.3 Å². The largest absolute Gasteiger partial charge is 0.496 e. The molecule has 4 aromatic rings. The third-order valence-corrected chi connectivity index (χ3v) is 12.7. The van der Waals surface area contributed by atoms with E-state index in [1.165, 1.54) is 0 Å². The van der Waals surface area contributed by atoms with Gasteiger partial charge in [0.15, 0.2) is 0 Å². The van der Waals surface area contributed by atoms with Crippen molar-refractivity contribution in [3.8, 4) is 11.5 Å². The maximum atomic E-state index is 13.1. The standard InChI is InChI=1S/C42H48ClN6O6P/c1-54-37-24-30(13-12-27(37)23-39-45-25-33(43)34(46-39)22-28-8-4-5-11-38(28)56(2,3)53)48-19-16-29(17-20-48)44-18-7-21-55-36-10-6-9-31-32(36)26-49(42(31)52)35-14-15-40(50)47-41(35)51/h4-6,8-13,24-25,29,35,44H,7,14-23,26H2,1-3H3,(H,47,50,51). The highest BCUT2D eigenvalue weighted by atomic mass is 35.5. The number of aromatic nitrogens is 2. The molecule has 2 N–H and O–H groups in total. The van der Waals surface area contributed by atoms with Gasteiger partial charge >= 0.3 is 0 Å². The second-order valence-electron chi connectivity index (χ2n) is 15.0. The van der Waals surface area contributed by atoms with E-state index in [1.807, 2.05) is 30.3 Å².